The smallest absolute Gasteiger partial charge is 0.362 e. The van der Waals surface area contributed by atoms with E-state index < -0.39 is 18.1 Å². The third kappa shape index (κ3) is 40.9. The normalized spacial score (nSPS) is 13.2. The highest BCUT2D eigenvalue weighted by Gasteiger charge is 2.31. The van der Waals surface area contributed by atoms with Crippen LogP contribution in [0.15, 0.2) is 36.5 Å². The molecule has 0 saturated carbocycles. The van der Waals surface area contributed by atoms with Gasteiger partial charge in [-0.2, -0.15) is 0 Å². The third-order valence-corrected chi connectivity index (χ3v) is 11.3. The van der Waals surface area contributed by atoms with Gasteiger partial charge in [0.25, 0.3) is 0 Å². The van der Waals surface area contributed by atoms with Crippen LogP contribution < -0.4 is 0 Å². The number of likely N-dealkylation sites (N-methyl/N-ethyl adjacent to an activating group) is 1. The molecule has 1 N–H and O–H groups in total. The fourth-order valence-electron chi connectivity index (χ4n) is 7.37. The Morgan fingerprint density at radius 2 is 0.883 bits per heavy atom. The molecule has 350 valence electrons. The molecule has 0 radical (unpaired) electrons. The van der Waals surface area contributed by atoms with Crippen LogP contribution in [0.1, 0.15) is 226 Å². The van der Waals surface area contributed by atoms with E-state index in [-0.39, 0.29) is 36.2 Å². The lowest BCUT2D eigenvalue weighted by molar-refractivity contribution is -0.887. The summed E-state index contributed by atoms with van der Waals surface area (Å²) in [6.07, 6.45) is 50.4. The predicted molar refractivity (Wildman–Crippen MR) is 252 cm³/mol. The van der Waals surface area contributed by atoms with Crippen molar-refractivity contribution in [2.24, 2.45) is 0 Å². The zero-order valence-corrected chi connectivity index (χ0v) is 39.9. The Kier molecular flexibility index (Phi) is 41.4. The van der Waals surface area contributed by atoms with Gasteiger partial charge in [0.1, 0.15) is 6.61 Å². The van der Waals surface area contributed by atoms with Crippen LogP contribution >= 0.6 is 0 Å². The van der Waals surface area contributed by atoms with Crippen LogP contribution in [0, 0.1) is 0 Å². The van der Waals surface area contributed by atoms with E-state index in [4.69, 9.17) is 14.2 Å². The highest BCUT2D eigenvalue weighted by molar-refractivity contribution is 5.72. The Bertz CT molecular complexity index is 1080. The Balaban J connectivity index is 4.27. The summed E-state index contributed by atoms with van der Waals surface area (Å²) in [6.45, 7) is 4.72. The molecule has 0 spiro atoms. The molecule has 0 aliphatic carbocycles. The van der Waals surface area contributed by atoms with E-state index in [0.29, 0.717) is 19.3 Å². The molecular weight excluding hydrogens is 751 g/mol. The van der Waals surface area contributed by atoms with E-state index in [9.17, 15) is 19.5 Å². The third-order valence-electron chi connectivity index (χ3n) is 11.3. The number of carbonyl (C=O) groups is 3. The highest BCUT2D eigenvalue weighted by atomic mass is 16.6. The molecule has 0 saturated heterocycles. The van der Waals surface area contributed by atoms with Crippen LogP contribution in [0.3, 0.4) is 0 Å². The Hall–Kier alpha value is -2.45. The van der Waals surface area contributed by atoms with Gasteiger partial charge in [0.2, 0.25) is 0 Å². The van der Waals surface area contributed by atoms with Crippen molar-refractivity contribution in [2.45, 2.75) is 238 Å². The largest absolute Gasteiger partial charge is 0.477 e. The monoisotopic (exact) mass is 847 g/mol. The van der Waals surface area contributed by atoms with E-state index >= 15 is 0 Å². The lowest BCUT2D eigenvalue weighted by Crippen LogP contribution is -2.50. The first-order valence-electron chi connectivity index (χ1n) is 25.0. The van der Waals surface area contributed by atoms with E-state index in [1.165, 1.54) is 154 Å². The Morgan fingerprint density at radius 3 is 1.33 bits per heavy atom. The van der Waals surface area contributed by atoms with Crippen molar-refractivity contribution in [3.05, 3.63) is 36.5 Å². The number of ether oxygens (including phenoxy) is 3. The van der Waals surface area contributed by atoms with Crippen molar-refractivity contribution < 1.29 is 38.2 Å². The lowest BCUT2D eigenvalue weighted by atomic mass is 10.1. The van der Waals surface area contributed by atoms with Gasteiger partial charge < -0.3 is 23.8 Å². The average molecular weight is 847 g/mol. The topological polar surface area (TPSA) is 99.1 Å². The van der Waals surface area contributed by atoms with E-state index in [1.54, 1.807) is 0 Å². The van der Waals surface area contributed by atoms with Gasteiger partial charge in [-0.1, -0.05) is 179 Å². The molecule has 0 fully saturated rings. The number of esters is 2. The number of quaternary nitrogens is 1. The van der Waals surface area contributed by atoms with E-state index in [0.717, 1.165) is 38.5 Å². The van der Waals surface area contributed by atoms with Gasteiger partial charge >= 0.3 is 17.9 Å². The zero-order chi connectivity index (χ0) is 44.2. The minimum absolute atomic E-state index is 0.0527. The van der Waals surface area contributed by atoms with Crippen molar-refractivity contribution in [1.82, 2.24) is 0 Å². The lowest BCUT2D eigenvalue weighted by Gasteiger charge is -2.31. The molecule has 60 heavy (non-hydrogen) atoms. The average Bonchev–Trinajstić information content (AvgIpc) is 3.21. The molecule has 2 unspecified atom stereocenters. The molecule has 0 aromatic carbocycles. The number of carboxylic acid groups (broad SMARTS) is 1. The maximum atomic E-state index is 12.8. The van der Waals surface area contributed by atoms with E-state index in [2.05, 4.69) is 50.3 Å². The van der Waals surface area contributed by atoms with Crippen LogP contribution in [0.2, 0.25) is 0 Å². The summed E-state index contributed by atoms with van der Waals surface area (Å²) in [5.41, 5.74) is 0. The number of carboxylic acids is 1. The molecule has 2 atom stereocenters. The van der Waals surface area contributed by atoms with Crippen LogP contribution in [0.5, 0.6) is 0 Å². The van der Waals surface area contributed by atoms with Crippen molar-refractivity contribution in [3.8, 4) is 0 Å². The SMILES string of the molecule is CCCCC/C=C/C=C/CCCCCCCCCCCCC(=O)OC(COCCC(C(=O)O)[N+](C)(C)C)COC(=O)CCCCCCCCC/C=C/CCCCCCCC. The maximum Gasteiger partial charge on any atom is 0.362 e. The second kappa shape index (κ2) is 43.2. The molecular formula is C52H96NO7+. The number of allylic oxidation sites excluding steroid dienone is 6. The van der Waals surface area contributed by atoms with Gasteiger partial charge in [-0.05, 0) is 64.2 Å². The molecule has 0 bridgehead atoms. The summed E-state index contributed by atoms with van der Waals surface area (Å²) in [5.74, 6) is -1.47. The fraction of sp³-hybridized carbons (Fsp3) is 0.827. The summed E-state index contributed by atoms with van der Waals surface area (Å²) in [7, 11) is 5.53. The van der Waals surface area contributed by atoms with Gasteiger partial charge in [0.05, 0.1) is 34.4 Å². The summed E-state index contributed by atoms with van der Waals surface area (Å²) >= 11 is 0. The summed E-state index contributed by atoms with van der Waals surface area (Å²) in [5, 5.41) is 9.65. The molecule has 0 aromatic rings. The maximum absolute atomic E-state index is 12.8. The fourth-order valence-corrected chi connectivity index (χ4v) is 7.37. The van der Waals surface area contributed by atoms with Crippen LogP contribution in [-0.2, 0) is 28.6 Å². The minimum atomic E-state index is -0.875. The Morgan fingerprint density at radius 1 is 0.500 bits per heavy atom. The molecule has 0 aliphatic rings. The van der Waals surface area contributed by atoms with E-state index in [1.807, 2.05) is 21.1 Å². The van der Waals surface area contributed by atoms with Crippen LogP contribution in [-0.4, -0.2) is 80.6 Å². The van der Waals surface area contributed by atoms with Crippen molar-refractivity contribution in [2.75, 3.05) is 41.0 Å². The van der Waals surface area contributed by atoms with Gasteiger partial charge in [-0.15, -0.1) is 0 Å². The number of carbonyl (C=O) groups excluding carboxylic acids is 2. The highest BCUT2D eigenvalue weighted by Crippen LogP contribution is 2.15. The van der Waals surface area contributed by atoms with Gasteiger partial charge in [0, 0.05) is 19.3 Å². The van der Waals surface area contributed by atoms with Crippen molar-refractivity contribution >= 4 is 17.9 Å². The molecule has 8 nitrogen and oxygen atoms in total. The number of hydrogen-bond donors (Lipinski definition) is 1. The summed E-state index contributed by atoms with van der Waals surface area (Å²) < 4.78 is 17.3. The quantitative estimate of drug-likeness (QED) is 0.0214. The Labute approximate surface area is 370 Å². The number of unbranched alkanes of at least 4 members (excludes halogenated alkanes) is 26. The number of aliphatic carboxylic acids is 1. The van der Waals surface area contributed by atoms with Crippen molar-refractivity contribution in [3.63, 3.8) is 0 Å². The molecule has 0 rings (SSSR count). The number of rotatable bonds is 45. The summed E-state index contributed by atoms with van der Waals surface area (Å²) in [6, 6.07) is -0.615. The van der Waals surface area contributed by atoms with Crippen LogP contribution in [0.4, 0.5) is 0 Å². The molecule has 0 aromatic heterocycles. The van der Waals surface area contributed by atoms with Gasteiger partial charge in [-0.3, -0.25) is 9.59 Å². The van der Waals surface area contributed by atoms with Gasteiger partial charge in [0.15, 0.2) is 12.1 Å². The first kappa shape index (κ1) is 57.5. The molecule has 0 aliphatic heterocycles. The first-order valence-corrected chi connectivity index (χ1v) is 25.0. The second-order valence-electron chi connectivity index (χ2n) is 18.1. The predicted octanol–water partition coefficient (Wildman–Crippen LogP) is 14.2. The molecule has 8 heteroatoms. The first-order chi connectivity index (χ1) is 29.1. The zero-order valence-electron chi connectivity index (χ0n) is 39.9. The number of hydrogen-bond acceptors (Lipinski definition) is 6. The number of nitrogens with zero attached hydrogens (tertiary/aromatic N) is 1. The molecule has 0 heterocycles. The second-order valence-corrected chi connectivity index (χ2v) is 18.1. The summed E-state index contributed by atoms with van der Waals surface area (Å²) in [4.78, 5) is 37.1. The van der Waals surface area contributed by atoms with Crippen molar-refractivity contribution in [1.29, 1.82) is 0 Å². The standard InChI is InChI=1S/C52H95NO7/c1-6-8-10-12-14-16-18-20-22-24-25-27-29-31-33-35-37-39-41-43-51(55)60-48(46-58-45-44-49(52(56)57)53(3,4)5)47-59-50(54)42-40-38-36-34-32-30-28-26-23-21-19-17-15-13-11-9-7-2/h14,16,18,20-21,23,48-49H,6-13,15,17,19,22,24-47H2,1-5H3/p+1/b16-14+,20-18+,23-21+. The molecule has 0 amide bonds. The van der Waals surface area contributed by atoms with Gasteiger partial charge in [-0.25, -0.2) is 4.79 Å². The minimum Gasteiger partial charge on any atom is -0.477 e. The van der Waals surface area contributed by atoms with Crippen LogP contribution in [0.25, 0.3) is 0 Å².